The number of thiophene rings is 1. The third-order valence-electron chi connectivity index (χ3n) is 3.62. The van der Waals surface area contributed by atoms with E-state index in [0.717, 1.165) is 18.6 Å². The molecule has 2 N–H and O–H groups in total. The molecule has 0 radical (unpaired) electrons. The Bertz CT molecular complexity index is 535. The molecule has 1 aliphatic rings. The molecule has 1 heterocycles. The van der Waals surface area contributed by atoms with Crippen molar-refractivity contribution in [3.63, 3.8) is 0 Å². The van der Waals surface area contributed by atoms with Gasteiger partial charge in [0.2, 0.25) is 0 Å². The minimum absolute atomic E-state index is 0.329. The van der Waals surface area contributed by atoms with E-state index in [-0.39, 0.29) is 5.54 Å². The van der Waals surface area contributed by atoms with Gasteiger partial charge in [-0.1, -0.05) is 6.07 Å². The highest BCUT2D eigenvalue weighted by molar-refractivity contribution is 7.08. The SMILES string of the molecule is COc1ccc2c(c1)C(N)(c1ccsc1)CC2. The van der Waals surface area contributed by atoms with Crippen molar-refractivity contribution in [2.45, 2.75) is 18.4 Å². The maximum absolute atomic E-state index is 6.61. The Kier molecular flexibility index (Phi) is 2.45. The molecule has 2 nitrogen and oxygen atoms in total. The fourth-order valence-electron chi connectivity index (χ4n) is 2.60. The fourth-order valence-corrected chi connectivity index (χ4v) is 3.34. The molecule has 3 rings (SSSR count). The maximum atomic E-state index is 6.61. The van der Waals surface area contributed by atoms with E-state index < -0.39 is 0 Å². The van der Waals surface area contributed by atoms with Gasteiger partial charge in [0.05, 0.1) is 12.6 Å². The van der Waals surface area contributed by atoms with Crippen LogP contribution in [0.5, 0.6) is 5.75 Å². The number of ether oxygens (including phenoxy) is 1. The number of hydrogen-bond donors (Lipinski definition) is 1. The second-order valence-electron chi connectivity index (χ2n) is 4.51. The summed E-state index contributed by atoms with van der Waals surface area (Å²) in [5, 5.41) is 4.23. The molecule has 0 fully saturated rings. The number of benzene rings is 1. The van der Waals surface area contributed by atoms with Crippen molar-refractivity contribution in [3.8, 4) is 5.75 Å². The van der Waals surface area contributed by atoms with Gasteiger partial charge < -0.3 is 10.5 Å². The van der Waals surface area contributed by atoms with Crippen molar-refractivity contribution in [3.05, 3.63) is 51.7 Å². The summed E-state index contributed by atoms with van der Waals surface area (Å²) in [7, 11) is 1.69. The summed E-state index contributed by atoms with van der Waals surface area (Å²) in [6.07, 6.45) is 2.03. The van der Waals surface area contributed by atoms with Gasteiger partial charge in [-0.2, -0.15) is 11.3 Å². The van der Waals surface area contributed by atoms with E-state index in [1.54, 1.807) is 18.4 Å². The Hall–Kier alpha value is -1.32. The second-order valence-corrected chi connectivity index (χ2v) is 5.29. The van der Waals surface area contributed by atoms with E-state index in [4.69, 9.17) is 10.5 Å². The Labute approximate surface area is 105 Å². The largest absolute Gasteiger partial charge is 0.497 e. The molecule has 0 bridgehead atoms. The number of methoxy groups -OCH3 is 1. The topological polar surface area (TPSA) is 35.2 Å². The van der Waals surface area contributed by atoms with Gasteiger partial charge >= 0.3 is 0 Å². The lowest BCUT2D eigenvalue weighted by atomic mass is 9.87. The highest BCUT2D eigenvalue weighted by Gasteiger charge is 2.37. The zero-order chi connectivity index (χ0) is 11.9. The van der Waals surface area contributed by atoms with Crippen molar-refractivity contribution in [1.29, 1.82) is 0 Å². The Morgan fingerprint density at radius 1 is 1.35 bits per heavy atom. The van der Waals surface area contributed by atoms with Gasteiger partial charge in [0.25, 0.3) is 0 Å². The monoisotopic (exact) mass is 245 g/mol. The van der Waals surface area contributed by atoms with E-state index in [1.165, 1.54) is 16.7 Å². The lowest BCUT2D eigenvalue weighted by Gasteiger charge is -2.25. The van der Waals surface area contributed by atoms with Crippen LogP contribution in [-0.4, -0.2) is 7.11 Å². The van der Waals surface area contributed by atoms with Gasteiger partial charge in [-0.3, -0.25) is 0 Å². The molecule has 0 spiro atoms. The second kappa shape index (κ2) is 3.86. The third kappa shape index (κ3) is 1.58. The van der Waals surface area contributed by atoms with Crippen LogP contribution in [0.3, 0.4) is 0 Å². The smallest absolute Gasteiger partial charge is 0.119 e. The lowest BCUT2D eigenvalue weighted by molar-refractivity contribution is 0.413. The molecule has 0 saturated carbocycles. The average molecular weight is 245 g/mol. The van der Waals surface area contributed by atoms with Gasteiger partial charge in [-0.25, -0.2) is 0 Å². The van der Waals surface area contributed by atoms with Crippen LogP contribution in [0.1, 0.15) is 23.1 Å². The highest BCUT2D eigenvalue weighted by atomic mass is 32.1. The molecule has 17 heavy (non-hydrogen) atoms. The zero-order valence-corrected chi connectivity index (χ0v) is 10.6. The summed E-state index contributed by atoms with van der Waals surface area (Å²) >= 11 is 1.70. The van der Waals surface area contributed by atoms with Gasteiger partial charge in [0.1, 0.15) is 5.75 Å². The Morgan fingerprint density at radius 2 is 2.24 bits per heavy atom. The standard InChI is InChI=1S/C14H15NOS/c1-16-12-3-2-10-4-6-14(15,13(10)8-12)11-5-7-17-9-11/h2-3,5,7-9H,4,6,15H2,1H3. The third-order valence-corrected chi connectivity index (χ3v) is 4.31. The number of nitrogens with two attached hydrogens (primary N) is 1. The van der Waals surface area contributed by atoms with Crippen LogP contribution < -0.4 is 10.5 Å². The first-order valence-corrected chi connectivity index (χ1v) is 6.67. The number of fused-ring (bicyclic) bond motifs is 1. The van der Waals surface area contributed by atoms with Crippen LogP contribution in [0.2, 0.25) is 0 Å². The predicted molar refractivity (Wildman–Crippen MR) is 70.6 cm³/mol. The van der Waals surface area contributed by atoms with Crippen LogP contribution in [0.4, 0.5) is 0 Å². The average Bonchev–Trinajstić information content (AvgIpc) is 2.98. The molecular formula is C14H15NOS. The van der Waals surface area contributed by atoms with Gasteiger partial charge in [-0.15, -0.1) is 0 Å². The molecule has 0 amide bonds. The predicted octanol–water partition coefficient (Wildman–Crippen LogP) is 2.91. The van der Waals surface area contributed by atoms with Gasteiger partial charge in [0.15, 0.2) is 0 Å². The normalized spacial score (nSPS) is 22.5. The maximum Gasteiger partial charge on any atom is 0.119 e. The molecule has 88 valence electrons. The summed E-state index contributed by atoms with van der Waals surface area (Å²) in [6.45, 7) is 0. The Morgan fingerprint density at radius 3 is 2.94 bits per heavy atom. The first kappa shape index (κ1) is 10.8. The first-order chi connectivity index (χ1) is 8.24. The molecule has 1 aromatic carbocycles. The van der Waals surface area contributed by atoms with E-state index >= 15 is 0 Å². The van der Waals surface area contributed by atoms with E-state index in [9.17, 15) is 0 Å². The molecule has 1 aromatic heterocycles. The summed E-state index contributed by atoms with van der Waals surface area (Å²) in [5.41, 5.74) is 10.1. The molecule has 2 aromatic rings. The summed E-state index contributed by atoms with van der Waals surface area (Å²) < 4.78 is 5.30. The molecule has 0 saturated heterocycles. The minimum atomic E-state index is -0.329. The van der Waals surface area contributed by atoms with Crippen molar-refractivity contribution in [2.24, 2.45) is 5.73 Å². The molecule has 1 unspecified atom stereocenters. The fraction of sp³-hybridized carbons (Fsp3) is 0.286. The highest BCUT2D eigenvalue weighted by Crippen LogP contribution is 2.42. The molecule has 1 aliphatic carbocycles. The quantitative estimate of drug-likeness (QED) is 0.883. The summed E-state index contributed by atoms with van der Waals surface area (Å²) in [6, 6.07) is 8.35. The molecule has 0 aliphatic heterocycles. The zero-order valence-electron chi connectivity index (χ0n) is 9.77. The molecule has 3 heteroatoms. The van der Waals surface area contributed by atoms with Crippen LogP contribution in [-0.2, 0) is 12.0 Å². The van der Waals surface area contributed by atoms with E-state index in [2.05, 4.69) is 29.0 Å². The van der Waals surface area contributed by atoms with Gasteiger partial charge in [-0.05, 0) is 58.5 Å². The number of aryl methyl sites for hydroxylation is 1. The summed E-state index contributed by atoms with van der Waals surface area (Å²) in [5.74, 6) is 0.885. The van der Waals surface area contributed by atoms with E-state index in [1.807, 2.05) is 6.07 Å². The lowest BCUT2D eigenvalue weighted by Crippen LogP contribution is -2.34. The molecular weight excluding hydrogens is 230 g/mol. The van der Waals surface area contributed by atoms with Crippen LogP contribution in [0, 0.1) is 0 Å². The first-order valence-electron chi connectivity index (χ1n) is 5.73. The minimum Gasteiger partial charge on any atom is -0.497 e. The van der Waals surface area contributed by atoms with Crippen LogP contribution in [0.15, 0.2) is 35.0 Å². The molecule has 1 atom stereocenters. The Balaban J connectivity index is 2.14. The van der Waals surface area contributed by atoms with Crippen molar-refractivity contribution >= 4 is 11.3 Å². The number of rotatable bonds is 2. The summed E-state index contributed by atoms with van der Waals surface area (Å²) in [4.78, 5) is 0. The van der Waals surface area contributed by atoms with Crippen molar-refractivity contribution < 1.29 is 4.74 Å². The number of hydrogen-bond acceptors (Lipinski definition) is 3. The van der Waals surface area contributed by atoms with Crippen LogP contribution >= 0.6 is 11.3 Å². The van der Waals surface area contributed by atoms with E-state index in [0.29, 0.717) is 0 Å². The van der Waals surface area contributed by atoms with Crippen molar-refractivity contribution in [2.75, 3.05) is 7.11 Å². The van der Waals surface area contributed by atoms with Gasteiger partial charge in [0, 0.05) is 0 Å². The van der Waals surface area contributed by atoms with Crippen molar-refractivity contribution in [1.82, 2.24) is 0 Å². The van der Waals surface area contributed by atoms with Crippen LogP contribution in [0.25, 0.3) is 0 Å².